The number of sulfonamides is 1. The van der Waals surface area contributed by atoms with Gasteiger partial charge in [-0.25, -0.2) is 8.42 Å². The highest BCUT2D eigenvalue weighted by atomic mass is 32.2. The van der Waals surface area contributed by atoms with Crippen molar-refractivity contribution in [2.24, 2.45) is 5.92 Å². The van der Waals surface area contributed by atoms with Gasteiger partial charge in [0.2, 0.25) is 10.0 Å². The van der Waals surface area contributed by atoms with Gasteiger partial charge in [-0.2, -0.15) is 4.31 Å². The summed E-state index contributed by atoms with van der Waals surface area (Å²) in [5.41, 5.74) is 0.991. The van der Waals surface area contributed by atoms with Crippen LogP contribution in [0.2, 0.25) is 0 Å². The minimum atomic E-state index is -3.67. The van der Waals surface area contributed by atoms with Crippen molar-refractivity contribution in [1.29, 1.82) is 0 Å². The van der Waals surface area contributed by atoms with Gasteiger partial charge in [-0.3, -0.25) is 4.79 Å². The van der Waals surface area contributed by atoms with Crippen LogP contribution in [-0.2, 0) is 19.6 Å². The minimum absolute atomic E-state index is 0.139. The zero-order valence-corrected chi connectivity index (χ0v) is 13.4. The van der Waals surface area contributed by atoms with E-state index in [4.69, 9.17) is 4.74 Å². The number of carbonyl (C=O) groups excluding carboxylic acids is 1. The second-order valence-corrected chi connectivity index (χ2v) is 7.39. The molecular formula is C15H21NO4S. The summed E-state index contributed by atoms with van der Waals surface area (Å²) in [7, 11) is -3.67. The van der Waals surface area contributed by atoms with Gasteiger partial charge >= 0.3 is 5.97 Å². The maximum atomic E-state index is 12.7. The fourth-order valence-corrected chi connectivity index (χ4v) is 4.28. The lowest BCUT2D eigenvalue weighted by Crippen LogP contribution is -2.41. The third-order valence-corrected chi connectivity index (χ3v) is 5.54. The van der Waals surface area contributed by atoms with Crippen molar-refractivity contribution in [2.45, 2.75) is 38.1 Å². The van der Waals surface area contributed by atoms with E-state index in [0.717, 1.165) is 5.56 Å². The molecule has 2 rings (SSSR count). The first-order valence-electron chi connectivity index (χ1n) is 7.11. The van der Waals surface area contributed by atoms with Crippen molar-refractivity contribution in [3.05, 3.63) is 29.8 Å². The first-order valence-corrected chi connectivity index (χ1v) is 8.55. The van der Waals surface area contributed by atoms with E-state index in [1.54, 1.807) is 31.2 Å². The molecule has 1 aromatic carbocycles. The van der Waals surface area contributed by atoms with Crippen LogP contribution in [0.5, 0.6) is 0 Å². The molecule has 1 aliphatic rings. The number of esters is 1. The first kappa shape index (κ1) is 16.0. The molecule has 0 N–H and O–H groups in total. The fraction of sp³-hybridized carbons (Fsp3) is 0.533. The molecule has 5 nitrogen and oxygen atoms in total. The molecule has 2 atom stereocenters. The van der Waals surface area contributed by atoms with Gasteiger partial charge in [-0.1, -0.05) is 24.6 Å². The largest absolute Gasteiger partial charge is 0.465 e. The average molecular weight is 311 g/mol. The summed E-state index contributed by atoms with van der Waals surface area (Å²) >= 11 is 0. The average Bonchev–Trinajstić information content (AvgIpc) is 2.82. The van der Waals surface area contributed by atoms with E-state index in [9.17, 15) is 13.2 Å². The summed E-state index contributed by atoms with van der Waals surface area (Å²) in [5.74, 6) is -0.322. The lowest BCUT2D eigenvalue weighted by atomic mass is 10.1. The Balaban J connectivity index is 2.33. The Bertz CT molecular complexity index is 609. The number of hydrogen-bond donors (Lipinski definition) is 0. The monoisotopic (exact) mass is 311 g/mol. The molecule has 1 heterocycles. The van der Waals surface area contributed by atoms with E-state index in [1.807, 2.05) is 13.8 Å². The maximum absolute atomic E-state index is 12.7. The standard InChI is InChI=1S/C15H21NO4S/c1-4-20-15(17)14-9-12(3)10-16(14)21(18,19)13-7-5-11(2)6-8-13/h5-8,12,14H,4,9-10H2,1-3H3/t12-,14-/m1/s1. The molecule has 1 fully saturated rings. The number of rotatable bonds is 4. The van der Waals surface area contributed by atoms with Crippen LogP contribution in [0.15, 0.2) is 29.2 Å². The summed E-state index contributed by atoms with van der Waals surface area (Å²) in [6.07, 6.45) is 0.504. The van der Waals surface area contributed by atoms with Gasteiger partial charge in [0.15, 0.2) is 0 Å². The highest BCUT2D eigenvalue weighted by Gasteiger charge is 2.43. The van der Waals surface area contributed by atoms with Crippen LogP contribution in [0.3, 0.4) is 0 Å². The van der Waals surface area contributed by atoms with Gasteiger partial charge in [0.1, 0.15) is 6.04 Å². The molecular weight excluding hydrogens is 290 g/mol. The summed E-state index contributed by atoms with van der Waals surface area (Å²) in [6, 6.07) is 5.95. The van der Waals surface area contributed by atoms with Crippen molar-refractivity contribution >= 4 is 16.0 Å². The summed E-state index contributed by atoms with van der Waals surface area (Å²) in [5, 5.41) is 0. The quantitative estimate of drug-likeness (QED) is 0.797. The summed E-state index contributed by atoms with van der Waals surface area (Å²) < 4.78 is 31.7. The molecule has 1 saturated heterocycles. The van der Waals surface area contributed by atoms with Crippen LogP contribution in [0.25, 0.3) is 0 Å². The molecule has 21 heavy (non-hydrogen) atoms. The van der Waals surface area contributed by atoms with E-state index in [-0.39, 0.29) is 17.4 Å². The van der Waals surface area contributed by atoms with Gasteiger partial charge in [0.05, 0.1) is 11.5 Å². The Hall–Kier alpha value is -1.40. The highest BCUT2D eigenvalue weighted by molar-refractivity contribution is 7.89. The molecule has 0 aliphatic carbocycles. The zero-order valence-electron chi connectivity index (χ0n) is 12.6. The molecule has 6 heteroatoms. The normalized spacial score (nSPS) is 23.2. The predicted molar refractivity (Wildman–Crippen MR) is 79.3 cm³/mol. The van der Waals surface area contributed by atoms with Crippen LogP contribution in [0, 0.1) is 12.8 Å². The number of aryl methyl sites for hydroxylation is 1. The topological polar surface area (TPSA) is 63.7 Å². The van der Waals surface area contributed by atoms with Crippen molar-refractivity contribution in [1.82, 2.24) is 4.31 Å². The zero-order chi connectivity index (χ0) is 15.6. The SMILES string of the molecule is CCOC(=O)[C@H]1C[C@@H](C)CN1S(=O)(=O)c1ccc(C)cc1. The predicted octanol–water partition coefficient (Wildman–Crippen LogP) is 1.96. The number of benzene rings is 1. The van der Waals surface area contributed by atoms with Crippen molar-refractivity contribution in [2.75, 3.05) is 13.2 Å². The third kappa shape index (κ3) is 3.27. The fourth-order valence-electron chi connectivity index (χ4n) is 2.57. The molecule has 0 unspecified atom stereocenters. The van der Waals surface area contributed by atoms with Gasteiger partial charge < -0.3 is 4.74 Å². The van der Waals surface area contributed by atoms with Gasteiger partial charge in [-0.15, -0.1) is 0 Å². The molecule has 1 aliphatic heterocycles. The van der Waals surface area contributed by atoms with Gasteiger partial charge in [-0.05, 0) is 38.3 Å². The molecule has 0 saturated carbocycles. The Morgan fingerprint density at radius 2 is 1.95 bits per heavy atom. The van der Waals surface area contributed by atoms with Crippen LogP contribution >= 0.6 is 0 Å². The molecule has 1 aromatic rings. The molecule has 0 bridgehead atoms. The smallest absolute Gasteiger partial charge is 0.324 e. The van der Waals surface area contributed by atoms with Crippen LogP contribution in [0.1, 0.15) is 25.8 Å². The molecule has 0 radical (unpaired) electrons. The first-order chi connectivity index (χ1) is 9.86. The van der Waals surface area contributed by atoms with E-state index in [1.165, 1.54) is 4.31 Å². The summed E-state index contributed by atoms with van der Waals surface area (Å²) in [4.78, 5) is 12.2. The van der Waals surface area contributed by atoms with Gasteiger partial charge in [0, 0.05) is 6.54 Å². The molecule has 0 spiro atoms. The van der Waals surface area contributed by atoms with Crippen LogP contribution in [0.4, 0.5) is 0 Å². The Morgan fingerprint density at radius 3 is 2.52 bits per heavy atom. The van der Waals surface area contributed by atoms with E-state index >= 15 is 0 Å². The lowest BCUT2D eigenvalue weighted by molar-refractivity contribution is -0.146. The highest BCUT2D eigenvalue weighted by Crippen LogP contribution is 2.30. The Labute approximate surface area is 126 Å². The maximum Gasteiger partial charge on any atom is 0.324 e. The molecule has 0 amide bonds. The third-order valence-electron chi connectivity index (χ3n) is 3.65. The number of carbonyl (C=O) groups is 1. The lowest BCUT2D eigenvalue weighted by Gasteiger charge is -2.22. The van der Waals surface area contributed by atoms with E-state index in [2.05, 4.69) is 0 Å². The van der Waals surface area contributed by atoms with Crippen LogP contribution < -0.4 is 0 Å². The van der Waals surface area contributed by atoms with Crippen molar-refractivity contribution in [3.8, 4) is 0 Å². The molecule has 0 aromatic heterocycles. The van der Waals surface area contributed by atoms with E-state index in [0.29, 0.717) is 13.0 Å². The van der Waals surface area contributed by atoms with E-state index < -0.39 is 22.0 Å². The summed E-state index contributed by atoms with van der Waals surface area (Å²) in [6.45, 7) is 6.16. The second-order valence-electron chi connectivity index (χ2n) is 5.50. The minimum Gasteiger partial charge on any atom is -0.465 e. The Kier molecular flexibility index (Phi) is 4.68. The van der Waals surface area contributed by atoms with Crippen molar-refractivity contribution in [3.63, 3.8) is 0 Å². The van der Waals surface area contributed by atoms with Crippen molar-refractivity contribution < 1.29 is 17.9 Å². The van der Waals surface area contributed by atoms with Crippen LogP contribution in [-0.4, -0.2) is 37.9 Å². The number of nitrogens with zero attached hydrogens (tertiary/aromatic N) is 1. The number of hydrogen-bond acceptors (Lipinski definition) is 4. The van der Waals surface area contributed by atoms with Gasteiger partial charge in [0.25, 0.3) is 0 Å². The molecule has 116 valence electrons. The second kappa shape index (κ2) is 6.15. The Morgan fingerprint density at radius 1 is 1.33 bits per heavy atom. The number of ether oxygens (including phenoxy) is 1.